The maximum atomic E-state index is 10.8. The molecule has 4 nitrogen and oxygen atoms in total. The molecule has 1 aromatic rings. The first-order valence-corrected chi connectivity index (χ1v) is 3.70. The predicted molar refractivity (Wildman–Crippen MR) is 42.4 cm³/mol. The van der Waals surface area contributed by atoms with Crippen LogP contribution in [0.3, 0.4) is 0 Å². The van der Waals surface area contributed by atoms with Crippen LogP contribution in [-0.2, 0) is 16.1 Å². The lowest BCUT2D eigenvalue weighted by molar-refractivity contribution is -0.140. The molecule has 0 aliphatic carbocycles. The molecule has 0 aliphatic heterocycles. The molecule has 0 saturated heterocycles. The summed E-state index contributed by atoms with van der Waals surface area (Å²) < 4.78 is 6.36. The molecule has 0 N–H and O–H groups in total. The normalized spacial score (nSPS) is 9.83. The summed E-state index contributed by atoms with van der Waals surface area (Å²) in [6.45, 7) is 2.47. The van der Waals surface area contributed by atoms with Gasteiger partial charge < -0.3 is 9.30 Å². The summed E-state index contributed by atoms with van der Waals surface area (Å²) in [6, 6.07) is 0. The lowest BCUT2D eigenvalue weighted by Gasteiger charge is -2.02. The molecular weight excluding hydrogens is 156 g/mol. The van der Waals surface area contributed by atoms with Crippen LogP contribution in [0.15, 0.2) is 6.20 Å². The van der Waals surface area contributed by atoms with Crippen molar-refractivity contribution in [1.29, 1.82) is 0 Å². The fourth-order valence-corrected chi connectivity index (χ4v) is 0.890. The van der Waals surface area contributed by atoms with E-state index in [0.717, 1.165) is 5.82 Å². The van der Waals surface area contributed by atoms with Gasteiger partial charge in [0.1, 0.15) is 12.0 Å². The summed E-state index contributed by atoms with van der Waals surface area (Å²) in [6.07, 6.45) is 4.80. The van der Waals surface area contributed by atoms with Gasteiger partial charge in [0.15, 0.2) is 0 Å². The number of esters is 1. The molecule has 0 unspecified atom stereocenters. The number of aromatic nitrogens is 2. The van der Waals surface area contributed by atoms with Crippen molar-refractivity contribution in [1.82, 2.24) is 9.55 Å². The second kappa shape index (κ2) is 3.90. The Kier molecular flexibility index (Phi) is 2.85. The number of nitrogens with zero attached hydrogens (tertiary/aromatic N) is 2. The van der Waals surface area contributed by atoms with Crippen LogP contribution in [0, 0.1) is 13.1 Å². The summed E-state index contributed by atoms with van der Waals surface area (Å²) in [5.74, 6) is 0.655. The molecule has 0 saturated carbocycles. The van der Waals surface area contributed by atoms with E-state index in [1.807, 2.05) is 11.5 Å². The Morgan fingerprint density at radius 3 is 3.08 bits per heavy atom. The molecule has 0 atom stereocenters. The molecule has 0 aliphatic rings. The zero-order chi connectivity index (χ0) is 8.97. The van der Waals surface area contributed by atoms with Gasteiger partial charge in [0.25, 0.3) is 0 Å². The monoisotopic (exact) mass is 167 g/mol. The number of ether oxygens (including phenoxy) is 1. The third-order valence-corrected chi connectivity index (χ3v) is 1.64. The zero-order valence-corrected chi connectivity index (χ0v) is 7.20. The van der Waals surface area contributed by atoms with E-state index in [1.54, 1.807) is 6.20 Å². The quantitative estimate of drug-likeness (QED) is 0.618. The fourth-order valence-electron chi connectivity index (χ4n) is 0.890. The van der Waals surface area contributed by atoms with Crippen molar-refractivity contribution < 1.29 is 9.53 Å². The maximum absolute atomic E-state index is 10.8. The highest BCUT2D eigenvalue weighted by molar-refractivity contribution is 5.68. The Balaban J connectivity index is 2.43. The van der Waals surface area contributed by atoms with Crippen molar-refractivity contribution in [3.63, 3.8) is 0 Å². The van der Waals surface area contributed by atoms with Crippen LogP contribution in [-0.4, -0.2) is 22.6 Å². The minimum atomic E-state index is -0.205. The molecule has 0 spiro atoms. The van der Waals surface area contributed by atoms with Crippen molar-refractivity contribution in [2.24, 2.45) is 0 Å². The lowest BCUT2D eigenvalue weighted by Crippen LogP contribution is -2.07. The van der Waals surface area contributed by atoms with E-state index in [1.165, 1.54) is 7.11 Å². The van der Waals surface area contributed by atoms with E-state index in [-0.39, 0.29) is 5.97 Å². The first-order chi connectivity index (χ1) is 5.74. The minimum Gasteiger partial charge on any atom is -0.469 e. The average Bonchev–Trinajstić information content (AvgIpc) is 2.47. The number of hydrogen-bond donors (Lipinski definition) is 0. The molecule has 12 heavy (non-hydrogen) atoms. The van der Waals surface area contributed by atoms with Crippen LogP contribution >= 0.6 is 0 Å². The van der Waals surface area contributed by atoms with Gasteiger partial charge in [-0.05, 0) is 6.92 Å². The molecule has 0 aromatic carbocycles. The van der Waals surface area contributed by atoms with E-state index in [2.05, 4.69) is 15.9 Å². The number of carbonyl (C=O) groups excluding carboxylic acids is 1. The highest BCUT2D eigenvalue weighted by Gasteiger charge is 2.01. The summed E-state index contributed by atoms with van der Waals surface area (Å²) in [4.78, 5) is 14.7. The summed E-state index contributed by atoms with van der Waals surface area (Å²) in [7, 11) is 1.38. The highest BCUT2D eigenvalue weighted by Crippen LogP contribution is 1.97. The fraction of sp³-hybridized carbons (Fsp3) is 0.500. The molecule has 1 heterocycles. The van der Waals surface area contributed by atoms with Gasteiger partial charge in [-0.2, -0.15) is 0 Å². The minimum absolute atomic E-state index is 0.205. The van der Waals surface area contributed by atoms with Gasteiger partial charge in [-0.15, -0.1) is 0 Å². The highest BCUT2D eigenvalue weighted by atomic mass is 16.5. The Morgan fingerprint density at radius 2 is 2.58 bits per heavy atom. The second-order valence-corrected chi connectivity index (χ2v) is 2.44. The summed E-state index contributed by atoms with van der Waals surface area (Å²) in [5, 5.41) is 0. The topological polar surface area (TPSA) is 44.1 Å². The summed E-state index contributed by atoms with van der Waals surface area (Å²) in [5.41, 5.74) is 0. The number of carbonyl (C=O) groups is 1. The number of imidazole rings is 1. The summed E-state index contributed by atoms with van der Waals surface area (Å²) >= 11 is 0. The van der Waals surface area contributed by atoms with Crippen LogP contribution in [0.4, 0.5) is 0 Å². The molecule has 4 heteroatoms. The van der Waals surface area contributed by atoms with Crippen LogP contribution in [0.25, 0.3) is 0 Å². The SMILES string of the molecule is COC(=O)CCn1c[c]nc1C. The number of methoxy groups -OCH3 is 1. The lowest BCUT2D eigenvalue weighted by atomic mass is 10.4. The van der Waals surface area contributed by atoms with E-state index in [9.17, 15) is 4.79 Å². The molecule has 65 valence electrons. The van der Waals surface area contributed by atoms with Crippen molar-refractivity contribution >= 4 is 5.97 Å². The van der Waals surface area contributed by atoms with Crippen LogP contribution in [0.1, 0.15) is 12.2 Å². The molecule has 0 fully saturated rings. The molecular formula is C8H11N2O2. The van der Waals surface area contributed by atoms with Gasteiger partial charge in [-0.3, -0.25) is 4.79 Å². The van der Waals surface area contributed by atoms with E-state index in [0.29, 0.717) is 13.0 Å². The van der Waals surface area contributed by atoms with Crippen molar-refractivity contribution in [2.75, 3.05) is 7.11 Å². The van der Waals surface area contributed by atoms with Gasteiger partial charge in [-0.1, -0.05) is 0 Å². The number of aryl methyl sites for hydroxylation is 2. The van der Waals surface area contributed by atoms with E-state index >= 15 is 0 Å². The van der Waals surface area contributed by atoms with Crippen molar-refractivity contribution in [2.45, 2.75) is 19.9 Å². The van der Waals surface area contributed by atoms with Gasteiger partial charge >= 0.3 is 5.97 Å². The number of rotatable bonds is 3. The molecule has 1 radical (unpaired) electrons. The standard InChI is InChI=1S/C8H11N2O2/c1-7-9-4-6-10(7)5-3-8(11)12-2/h6H,3,5H2,1-2H3. The van der Waals surface area contributed by atoms with Gasteiger partial charge in [0.2, 0.25) is 0 Å². The van der Waals surface area contributed by atoms with Gasteiger partial charge in [0, 0.05) is 12.7 Å². The Labute approximate surface area is 71.2 Å². The molecule has 1 aromatic heterocycles. The Morgan fingerprint density at radius 1 is 1.83 bits per heavy atom. The van der Waals surface area contributed by atoms with E-state index in [4.69, 9.17) is 0 Å². The predicted octanol–water partition coefficient (Wildman–Crippen LogP) is 0.555. The third kappa shape index (κ3) is 2.08. The van der Waals surface area contributed by atoms with Crippen molar-refractivity contribution in [3.05, 3.63) is 18.2 Å². The Bertz CT molecular complexity index is 268. The molecule has 1 rings (SSSR count). The number of hydrogen-bond acceptors (Lipinski definition) is 3. The van der Waals surface area contributed by atoms with Gasteiger partial charge in [0.05, 0.1) is 13.5 Å². The zero-order valence-electron chi connectivity index (χ0n) is 7.20. The third-order valence-electron chi connectivity index (χ3n) is 1.64. The molecule has 0 bridgehead atoms. The second-order valence-electron chi connectivity index (χ2n) is 2.44. The Hall–Kier alpha value is -1.32. The molecule has 0 amide bonds. The smallest absolute Gasteiger partial charge is 0.307 e. The van der Waals surface area contributed by atoms with E-state index < -0.39 is 0 Å². The maximum Gasteiger partial charge on any atom is 0.307 e. The van der Waals surface area contributed by atoms with Crippen LogP contribution < -0.4 is 0 Å². The van der Waals surface area contributed by atoms with Gasteiger partial charge in [-0.25, -0.2) is 4.98 Å². The van der Waals surface area contributed by atoms with Crippen molar-refractivity contribution in [3.8, 4) is 0 Å². The average molecular weight is 167 g/mol. The van der Waals surface area contributed by atoms with Crippen LogP contribution in [0.5, 0.6) is 0 Å². The largest absolute Gasteiger partial charge is 0.469 e. The first kappa shape index (κ1) is 8.77. The first-order valence-electron chi connectivity index (χ1n) is 3.70. The van der Waals surface area contributed by atoms with Crippen LogP contribution in [0.2, 0.25) is 0 Å².